The van der Waals surface area contributed by atoms with Crippen LogP contribution in [-0.2, 0) is 16.0 Å². The summed E-state index contributed by atoms with van der Waals surface area (Å²) in [7, 11) is 0. The SMILES string of the molecule is CCCCCC(O)(CS[C@H]1C(O)CC(=O)[C@@H]1CCCCCCC(=O)O)Cc1ccc(F)cc1. The van der Waals surface area contributed by atoms with E-state index in [1.165, 1.54) is 23.9 Å². The second kappa shape index (κ2) is 14.1. The van der Waals surface area contributed by atoms with E-state index >= 15 is 0 Å². The zero-order valence-corrected chi connectivity index (χ0v) is 20.5. The zero-order chi connectivity index (χ0) is 24.3. The smallest absolute Gasteiger partial charge is 0.303 e. The van der Waals surface area contributed by atoms with Crippen LogP contribution in [0, 0.1) is 11.7 Å². The largest absolute Gasteiger partial charge is 0.481 e. The Balaban J connectivity index is 1.94. The van der Waals surface area contributed by atoms with Crippen molar-refractivity contribution in [1.29, 1.82) is 0 Å². The molecule has 1 aliphatic rings. The number of hydrogen-bond donors (Lipinski definition) is 3. The molecule has 0 spiro atoms. The molecule has 186 valence electrons. The number of unbranched alkanes of at least 4 members (excludes halogenated alkanes) is 5. The van der Waals surface area contributed by atoms with Crippen molar-refractivity contribution in [1.82, 2.24) is 0 Å². The van der Waals surface area contributed by atoms with Crippen LogP contribution in [0.4, 0.5) is 4.39 Å². The first kappa shape index (κ1) is 27.8. The summed E-state index contributed by atoms with van der Waals surface area (Å²) in [4.78, 5) is 23.1. The van der Waals surface area contributed by atoms with Crippen LogP contribution in [0.15, 0.2) is 24.3 Å². The number of benzene rings is 1. The van der Waals surface area contributed by atoms with Gasteiger partial charge in [-0.1, -0.05) is 57.6 Å². The van der Waals surface area contributed by atoms with Crippen LogP contribution >= 0.6 is 11.8 Å². The molecule has 1 aromatic rings. The second-order valence-electron chi connectivity index (χ2n) is 9.45. The molecule has 3 N–H and O–H groups in total. The van der Waals surface area contributed by atoms with Gasteiger partial charge in [-0.2, -0.15) is 11.8 Å². The van der Waals surface area contributed by atoms with E-state index < -0.39 is 17.7 Å². The third kappa shape index (κ3) is 9.75. The van der Waals surface area contributed by atoms with Gasteiger partial charge in [0.25, 0.3) is 0 Å². The van der Waals surface area contributed by atoms with E-state index in [4.69, 9.17) is 5.11 Å². The van der Waals surface area contributed by atoms with E-state index in [-0.39, 0.29) is 35.6 Å². The Labute approximate surface area is 201 Å². The monoisotopic (exact) mass is 482 g/mol. The lowest BCUT2D eigenvalue weighted by atomic mass is 9.91. The highest BCUT2D eigenvalue weighted by atomic mass is 32.2. The summed E-state index contributed by atoms with van der Waals surface area (Å²) in [6.07, 6.45) is 7.47. The third-order valence-corrected chi connectivity index (χ3v) is 8.22. The molecule has 33 heavy (non-hydrogen) atoms. The topological polar surface area (TPSA) is 94.8 Å². The van der Waals surface area contributed by atoms with Crippen molar-refractivity contribution < 1.29 is 29.3 Å². The minimum absolute atomic E-state index is 0.0820. The first-order valence-electron chi connectivity index (χ1n) is 12.2. The number of carboxylic acids is 1. The minimum Gasteiger partial charge on any atom is -0.481 e. The zero-order valence-electron chi connectivity index (χ0n) is 19.7. The first-order valence-corrected chi connectivity index (χ1v) is 13.3. The Morgan fingerprint density at radius 2 is 1.82 bits per heavy atom. The Kier molecular flexibility index (Phi) is 11.9. The standard InChI is InChI=1S/C26H39FO5S/c1-2-3-8-15-26(32,17-19-11-13-20(27)14-12-19)18-33-25-21(22(28)16-23(25)29)9-6-4-5-7-10-24(30)31/h11-14,21,23,25,29,32H,2-10,15-18H2,1H3,(H,30,31)/t21-,23?,25+,26?/m0/s1. The van der Waals surface area contributed by atoms with Gasteiger partial charge in [-0.3, -0.25) is 9.59 Å². The maximum absolute atomic E-state index is 13.3. The number of thioether (sulfide) groups is 1. The molecular weight excluding hydrogens is 443 g/mol. The van der Waals surface area contributed by atoms with Crippen LogP contribution in [0.2, 0.25) is 0 Å². The number of aliphatic carboxylic acids is 1. The molecule has 0 amide bonds. The molecule has 1 saturated carbocycles. The van der Waals surface area contributed by atoms with Crippen molar-refractivity contribution in [3.63, 3.8) is 0 Å². The summed E-state index contributed by atoms with van der Waals surface area (Å²) in [5, 5.41) is 30.5. The van der Waals surface area contributed by atoms with Crippen molar-refractivity contribution in [3.8, 4) is 0 Å². The summed E-state index contributed by atoms with van der Waals surface area (Å²) in [6, 6.07) is 6.21. The quantitative estimate of drug-likeness (QED) is 0.282. The van der Waals surface area contributed by atoms with E-state index in [1.807, 2.05) is 0 Å². The van der Waals surface area contributed by atoms with Gasteiger partial charge >= 0.3 is 5.97 Å². The molecule has 0 saturated heterocycles. The molecule has 0 aromatic heterocycles. The molecule has 1 aromatic carbocycles. The predicted molar refractivity (Wildman–Crippen MR) is 130 cm³/mol. The van der Waals surface area contributed by atoms with Crippen molar-refractivity contribution in [2.75, 3.05) is 5.75 Å². The molecule has 0 heterocycles. The summed E-state index contributed by atoms with van der Waals surface area (Å²) in [5.41, 5.74) is -0.110. The average molecular weight is 483 g/mol. The highest BCUT2D eigenvalue weighted by Gasteiger charge is 2.42. The van der Waals surface area contributed by atoms with Gasteiger partial charge in [0, 0.05) is 36.2 Å². The Morgan fingerprint density at radius 1 is 1.12 bits per heavy atom. The second-order valence-corrected chi connectivity index (χ2v) is 10.6. The van der Waals surface area contributed by atoms with Gasteiger partial charge in [0.05, 0.1) is 11.7 Å². The molecule has 1 fully saturated rings. The molecule has 4 atom stereocenters. The van der Waals surface area contributed by atoms with Crippen molar-refractivity contribution in [3.05, 3.63) is 35.6 Å². The Hall–Kier alpha value is -1.44. The van der Waals surface area contributed by atoms with Crippen LogP contribution in [-0.4, -0.2) is 49.8 Å². The maximum Gasteiger partial charge on any atom is 0.303 e. The van der Waals surface area contributed by atoms with Gasteiger partial charge in [-0.05, 0) is 37.0 Å². The number of rotatable bonds is 16. The van der Waals surface area contributed by atoms with Crippen LogP contribution in [0.3, 0.4) is 0 Å². The predicted octanol–water partition coefficient (Wildman–Crippen LogP) is 5.16. The molecule has 0 bridgehead atoms. The van der Waals surface area contributed by atoms with E-state index in [0.29, 0.717) is 31.4 Å². The minimum atomic E-state index is -0.982. The van der Waals surface area contributed by atoms with E-state index in [0.717, 1.165) is 44.1 Å². The van der Waals surface area contributed by atoms with Gasteiger partial charge < -0.3 is 15.3 Å². The molecular formula is C26H39FO5S. The van der Waals surface area contributed by atoms with Gasteiger partial charge in [-0.15, -0.1) is 0 Å². The number of carbonyl (C=O) groups is 2. The number of aliphatic hydroxyl groups excluding tert-OH is 1. The van der Waals surface area contributed by atoms with Crippen LogP contribution < -0.4 is 0 Å². The summed E-state index contributed by atoms with van der Waals surface area (Å²) in [6.45, 7) is 2.11. The number of hydrogen-bond acceptors (Lipinski definition) is 5. The van der Waals surface area contributed by atoms with Crippen LogP contribution in [0.25, 0.3) is 0 Å². The number of carbonyl (C=O) groups excluding carboxylic acids is 1. The van der Waals surface area contributed by atoms with Gasteiger partial charge in [0.2, 0.25) is 0 Å². The average Bonchev–Trinajstić information content (AvgIpc) is 3.03. The molecule has 0 aliphatic heterocycles. The highest BCUT2D eigenvalue weighted by Crippen LogP contribution is 2.39. The van der Waals surface area contributed by atoms with Crippen molar-refractivity contribution >= 4 is 23.5 Å². The number of aliphatic hydroxyl groups is 2. The first-order chi connectivity index (χ1) is 15.7. The number of halogens is 1. The van der Waals surface area contributed by atoms with Gasteiger partial charge in [-0.25, -0.2) is 4.39 Å². The summed E-state index contributed by atoms with van der Waals surface area (Å²) in [5.74, 6) is -0.819. The van der Waals surface area contributed by atoms with Crippen LogP contribution in [0.1, 0.15) is 83.1 Å². The molecule has 1 aliphatic carbocycles. The van der Waals surface area contributed by atoms with Crippen molar-refractivity contribution in [2.45, 2.75) is 101 Å². The maximum atomic E-state index is 13.3. The van der Waals surface area contributed by atoms with Crippen molar-refractivity contribution in [2.24, 2.45) is 5.92 Å². The number of ketones is 1. The lowest BCUT2D eigenvalue weighted by Gasteiger charge is -2.31. The fourth-order valence-electron chi connectivity index (χ4n) is 4.62. The van der Waals surface area contributed by atoms with E-state index in [9.17, 15) is 24.2 Å². The Bertz CT molecular complexity index is 741. The normalized spacial score (nSPS) is 22.4. The van der Waals surface area contributed by atoms with Gasteiger partial charge in [0.15, 0.2) is 0 Å². The van der Waals surface area contributed by atoms with Crippen LogP contribution in [0.5, 0.6) is 0 Å². The lowest BCUT2D eigenvalue weighted by molar-refractivity contribution is -0.137. The number of Topliss-reactive ketones (excluding diaryl/α,β-unsaturated/α-hetero) is 1. The van der Waals surface area contributed by atoms with Gasteiger partial charge in [0.1, 0.15) is 11.6 Å². The summed E-state index contributed by atoms with van der Waals surface area (Å²) < 4.78 is 13.3. The Morgan fingerprint density at radius 3 is 2.48 bits per heavy atom. The fraction of sp³-hybridized carbons (Fsp3) is 0.692. The molecule has 0 radical (unpaired) electrons. The third-order valence-electron chi connectivity index (χ3n) is 6.49. The molecule has 7 heteroatoms. The highest BCUT2D eigenvalue weighted by molar-refractivity contribution is 8.00. The molecule has 5 nitrogen and oxygen atoms in total. The number of carboxylic acid groups (broad SMARTS) is 1. The molecule has 2 unspecified atom stereocenters. The molecule has 2 rings (SSSR count). The lowest BCUT2D eigenvalue weighted by Crippen LogP contribution is -2.37. The fourth-order valence-corrected chi connectivity index (χ4v) is 6.21. The summed E-state index contributed by atoms with van der Waals surface area (Å²) >= 11 is 1.49. The van der Waals surface area contributed by atoms with E-state index in [1.54, 1.807) is 12.1 Å². The van der Waals surface area contributed by atoms with E-state index in [2.05, 4.69) is 6.92 Å².